The van der Waals surface area contributed by atoms with Gasteiger partial charge in [-0.15, -0.1) is 0 Å². The molecule has 4 N–H and O–H groups in total. The summed E-state index contributed by atoms with van der Waals surface area (Å²) in [4.78, 5) is 23.6. The van der Waals surface area contributed by atoms with Crippen LogP contribution in [0.2, 0.25) is 0 Å². The summed E-state index contributed by atoms with van der Waals surface area (Å²) < 4.78 is 16.1. The zero-order chi connectivity index (χ0) is 26.2. The molecule has 11 heteroatoms. The first-order valence-electron chi connectivity index (χ1n) is 13.0. The number of nitrogens with zero attached hydrogens (tertiary/aromatic N) is 6. The molecule has 1 saturated heterocycles. The van der Waals surface area contributed by atoms with Crippen molar-refractivity contribution in [1.29, 1.82) is 0 Å². The number of imidazole rings is 1. The van der Waals surface area contributed by atoms with E-state index in [1.54, 1.807) is 24.7 Å². The maximum absolute atomic E-state index is 16.1. The van der Waals surface area contributed by atoms with Gasteiger partial charge in [-0.2, -0.15) is 5.10 Å². The third-order valence-corrected chi connectivity index (χ3v) is 6.86. The lowest BCUT2D eigenvalue weighted by Gasteiger charge is -2.27. The second-order valence-corrected chi connectivity index (χ2v) is 10.2. The molecule has 1 aliphatic heterocycles. The average Bonchev–Trinajstić information content (AvgIpc) is 3.54. The maximum Gasteiger partial charge on any atom is 0.160 e. The Labute approximate surface area is 218 Å². The molecule has 196 valence electrons. The van der Waals surface area contributed by atoms with Gasteiger partial charge in [0.15, 0.2) is 17.3 Å². The van der Waals surface area contributed by atoms with Gasteiger partial charge in [-0.3, -0.25) is 10.1 Å². The van der Waals surface area contributed by atoms with Crippen LogP contribution < -0.4 is 10.2 Å². The Morgan fingerprint density at radius 2 is 1.97 bits per heavy atom. The summed E-state index contributed by atoms with van der Waals surface area (Å²) in [5.74, 6) is 1.12. The third kappa shape index (κ3) is 4.53. The highest BCUT2D eigenvalue weighted by atomic mass is 19.1. The predicted octanol–water partition coefficient (Wildman–Crippen LogP) is 4.86. The first kappa shape index (κ1) is 24.2. The minimum absolute atomic E-state index is 0.243. The van der Waals surface area contributed by atoms with Gasteiger partial charge in [-0.1, -0.05) is 13.8 Å². The Bertz CT molecular complexity index is 1590. The highest BCUT2D eigenvalue weighted by Crippen LogP contribution is 2.34. The number of aromatic nitrogens is 7. The van der Waals surface area contributed by atoms with E-state index in [1.165, 1.54) is 12.6 Å². The average molecular weight is 516 g/mol. The summed E-state index contributed by atoms with van der Waals surface area (Å²) in [7, 11) is 0. The molecular formula is C27H30FN9O. The van der Waals surface area contributed by atoms with Gasteiger partial charge in [0.25, 0.3) is 0 Å². The monoisotopic (exact) mass is 515 g/mol. The van der Waals surface area contributed by atoms with Crippen LogP contribution in [0, 0.1) is 11.7 Å². The molecule has 0 spiro atoms. The van der Waals surface area contributed by atoms with E-state index in [1.807, 2.05) is 19.9 Å². The Morgan fingerprint density at radius 3 is 2.79 bits per heavy atom. The van der Waals surface area contributed by atoms with E-state index in [-0.39, 0.29) is 10.9 Å². The minimum Gasteiger partial charge on any atom is -0.374 e. The van der Waals surface area contributed by atoms with Crippen LogP contribution in [0.4, 0.5) is 15.9 Å². The number of nitrogens with one attached hydrogen (secondary N) is 3. The molecule has 10 nitrogen and oxygen atoms in total. The number of aromatic amines is 2. The fourth-order valence-electron chi connectivity index (χ4n) is 5.06. The van der Waals surface area contributed by atoms with Gasteiger partial charge in [0.2, 0.25) is 0 Å². The van der Waals surface area contributed by atoms with E-state index in [0.29, 0.717) is 40.8 Å². The first-order valence-corrected chi connectivity index (χ1v) is 13.0. The first-order chi connectivity index (χ1) is 18.5. The quantitative estimate of drug-likeness (QED) is 0.226. The van der Waals surface area contributed by atoms with E-state index in [0.717, 1.165) is 42.8 Å². The summed E-state index contributed by atoms with van der Waals surface area (Å²) >= 11 is 0. The van der Waals surface area contributed by atoms with Crippen molar-refractivity contribution in [3.8, 4) is 22.6 Å². The summed E-state index contributed by atoms with van der Waals surface area (Å²) in [5.41, 5.74) is 3.64. The van der Waals surface area contributed by atoms with Gasteiger partial charge < -0.3 is 20.3 Å². The molecule has 5 aromatic rings. The largest absolute Gasteiger partial charge is 0.374 e. The van der Waals surface area contributed by atoms with Gasteiger partial charge in [0, 0.05) is 42.8 Å². The second-order valence-electron chi connectivity index (χ2n) is 10.2. The molecule has 0 aromatic carbocycles. The van der Waals surface area contributed by atoms with Crippen LogP contribution in [-0.2, 0) is 0 Å². The van der Waals surface area contributed by atoms with E-state index in [4.69, 9.17) is 4.98 Å². The summed E-state index contributed by atoms with van der Waals surface area (Å²) in [5, 5.41) is 20.7. The molecule has 0 saturated carbocycles. The number of halogens is 1. The highest BCUT2D eigenvalue weighted by Gasteiger charge is 2.23. The fraction of sp³-hybridized carbons (Fsp3) is 0.370. The van der Waals surface area contributed by atoms with E-state index < -0.39 is 12.0 Å². The van der Waals surface area contributed by atoms with Crippen molar-refractivity contribution in [3.63, 3.8) is 0 Å². The number of aliphatic hydroxyl groups excluding tert-OH is 1. The van der Waals surface area contributed by atoms with Crippen molar-refractivity contribution in [2.75, 3.05) is 23.3 Å². The molecule has 6 heterocycles. The zero-order valence-corrected chi connectivity index (χ0v) is 21.4. The SMILES string of the molecule is CC(C)CC(O)Nc1cncc(-c2cnc3[nH]nc(-c4nc5c(N6CCCCC6)nccc5[nH]4)c3c2F)c1. The topological polar surface area (TPSA) is 132 Å². The summed E-state index contributed by atoms with van der Waals surface area (Å²) in [6.45, 7) is 5.95. The standard InChI is InChI=1S/C27H30FN9O/c1-15(2)10-20(38)32-17-11-16(12-29-13-17)18-14-31-25-21(22(18)28)24(35-36-25)26-33-19-6-7-30-27(23(19)34-26)37-8-4-3-5-9-37/h6-7,11-15,20,32,38H,3-5,8-10H2,1-2H3,(H,33,34)(H,31,35,36). The maximum atomic E-state index is 16.1. The zero-order valence-electron chi connectivity index (χ0n) is 21.4. The van der Waals surface area contributed by atoms with Gasteiger partial charge in [-0.25, -0.2) is 19.3 Å². The number of hydrogen-bond acceptors (Lipinski definition) is 8. The smallest absolute Gasteiger partial charge is 0.160 e. The molecule has 5 aromatic heterocycles. The van der Waals surface area contributed by atoms with Crippen molar-refractivity contribution in [2.45, 2.75) is 45.8 Å². The molecule has 0 radical (unpaired) electrons. The van der Waals surface area contributed by atoms with Crippen molar-refractivity contribution in [1.82, 2.24) is 35.1 Å². The van der Waals surface area contributed by atoms with Gasteiger partial charge >= 0.3 is 0 Å². The predicted molar refractivity (Wildman–Crippen MR) is 145 cm³/mol. The van der Waals surface area contributed by atoms with Crippen molar-refractivity contribution >= 4 is 33.6 Å². The number of hydrogen-bond donors (Lipinski definition) is 4. The van der Waals surface area contributed by atoms with Crippen molar-refractivity contribution in [2.24, 2.45) is 5.92 Å². The van der Waals surface area contributed by atoms with Crippen LogP contribution in [0.25, 0.3) is 44.7 Å². The van der Waals surface area contributed by atoms with E-state index in [9.17, 15) is 5.11 Å². The highest BCUT2D eigenvalue weighted by molar-refractivity contribution is 5.96. The van der Waals surface area contributed by atoms with Gasteiger partial charge in [0.05, 0.1) is 22.8 Å². The molecule has 1 atom stereocenters. The summed E-state index contributed by atoms with van der Waals surface area (Å²) in [6.07, 6.45) is 9.73. The van der Waals surface area contributed by atoms with E-state index in [2.05, 4.69) is 40.3 Å². The lowest BCUT2D eigenvalue weighted by Crippen LogP contribution is -2.30. The van der Waals surface area contributed by atoms with Crippen molar-refractivity contribution < 1.29 is 9.50 Å². The molecule has 1 unspecified atom stereocenters. The Balaban J connectivity index is 1.38. The molecular weight excluding hydrogens is 485 g/mol. The number of aliphatic hydroxyl groups is 1. The number of anilines is 2. The summed E-state index contributed by atoms with van der Waals surface area (Å²) in [6, 6.07) is 3.62. The van der Waals surface area contributed by atoms with Crippen LogP contribution >= 0.6 is 0 Å². The van der Waals surface area contributed by atoms with Gasteiger partial charge in [0.1, 0.15) is 23.3 Å². The van der Waals surface area contributed by atoms with Crippen LogP contribution in [0.3, 0.4) is 0 Å². The number of piperidine rings is 1. The fourth-order valence-corrected chi connectivity index (χ4v) is 5.06. The molecule has 6 rings (SSSR count). The second kappa shape index (κ2) is 9.97. The van der Waals surface area contributed by atoms with E-state index >= 15 is 4.39 Å². The van der Waals surface area contributed by atoms with Crippen LogP contribution in [0.5, 0.6) is 0 Å². The molecule has 1 aliphatic rings. The number of rotatable bonds is 7. The number of H-pyrrole nitrogens is 2. The molecule has 0 bridgehead atoms. The van der Waals surface area contributed by atoms with Gasteiger partial charge in [-0.05, 0) is 43.7 Å². The molecule has 0 aliphatic carbocycles. The third-order valence-electron chi connectivity index (χ3n) is 6.86. The van der Waals surface area contributed by atoms with Crippen molar-refractivity contribution in [3.05, 3.63) is 42.7 Å². The number of pyridine rings is 3. The Morgan fingerprint density at radius 1 is 1.13 bits per heavy atom. The van der Waals surface area contributed by atoms with Crippen LogP contribution in [-0.4, -0.2) is 59.5 Å². The minimum atomic E-state index is -0.726. The Kier molecular flexibility index (Phi) is 6.36. The lowest BCUT2D eigenvalue weighted by atomic mass is 10.1. The lowest BCUT2D eigenvalue weighted by molar-refractivity contribution is 0.176. The Hall–Kier alpha value is -4.12. The van der Waals surface area contributed by atoms with Crippen LogP contribution in [0.1, 0.15) is 39.5 Å². The normalized spacial score (nSPS) is 15.0. The molecule has 1 fully saturated rings. The molecule has 0 amide bonds. The molecule has 38 heavy (non-hydrogen) atoms. The number of fused-ring (bicyclic) bond motifs is 2. The van der Waals surface area contributed by atoms with Crippen LogP contribution in [0.15, 0.2) is 36.9 Å².